The first-order valence-corrected chi connectivity index (χ1v) is 5.45. The number of aliphatic hydroxyl groups excluding tert-OH is 1. The van der Waals surface area contributed by atoms with Gasteiger partial charge < -0.3 is 9.67 Å². The predicted octanol–water partition coefficient (Wildman–Crippen LogP) is 1.45. The largest absolute Gasteiger partial charge is 0.396 e. The average molecular weight is 231 g/mol. The van der Waals surface area contributed by atoms with Gasteiger partial charge in [0.1, 0.15) is 0 Å². The van der Waals surface area contributed by atoms with Crippen LogP contribution in [0.2, 0.25) is 5.15 Å². The Labute approximate surface area is 93.5 Å². The summed E-state index contributed by atoms with van der Waals surface area (Å²) < 4.78 is 1.56. The summed E-state index contributed by atoms with van der Waals surface area (Å²) in [5, 5.41) is 8.60. The number of aliphatic hydroxyl groups is 1. The normalized spacial score (nSPS) is 10.5. The molecule has 4 nitrogen and oxygen atoms in total. The molecular weight excluding hydrogens is 216 g/mol. The Kier molecular flexibility index (Phi) is 5.36. The van der Waals surface area contributed by atoms with Crippen LogP contribution < -0.4 is 5.56 Å². The third-order valence-electron chi connectivity index (χ3n) is 2.18. The maximum Gasteiger partial charge on any atom is 0.288 e. The molecule has 0 unspecified atom stereocenters. The van der Waals surface area contributed by atoms with Crippen molar-refractivity contribution in [2.75, 3.05) is 6.61 Å². The second kappa shape index (κ2) is 6.58. The monoisotopic (exact) mass is 230 g/mol. The van der Waals surface area contributed by atoms with Crippen LogP contribution in [0.4, 0.5) is 0 Å². The lowest BCUT2D eigenvalue weighted by atomic mass is 10.2. The highest BCUT2D eigenvalue weighted by molar-refractivity contribution is 6.29. The van der Waals surface area contributed by atoms with E-state index >= 15 is 0 Å². The molecule has 0 aromatic carbocycles. The molecular formula is C10H15ClN2O2. The molecule has 0 spiro atoms. The van der Waals surface area contributed by atoms with E-state index in [0.29, 0.717) is 6.54 Å². The molecule has 0 aliphatic heterocycles. The van der Waals surface area contributed by atoms with Crippen LogP contribution in [0.25, 0.3) is 0 Å². The van der Waals surface area contributed by atoms with Crippen LogP contribution in [0.3, 0.4) is 0 Å². The summed E-state index contributed by atoms with van der Waals surface area (Å²) in [5.41, 5.74) is -0.235. The van der Waals surface area contributed by atoms with E-state index in [1.807, 2.05) is 0 Å². The highest BCUT2D eigenvalue weighted by Crippen LogP contribution is 2.01. The van der Waals surface area contributed by atoms with Crippen LogP contribution in [0.15, 0.2) is 17.2 Å². The minimum Gasteiger partial charge on any atom is -0.396 e. The number of nitrogens with zero attached hydrogens (tertiary/aromatic N) is 2. The lowest BCUT2D eigenvalue weighted by molar-refractivity contribution is 0.282. The highest BCUT2D eigenvalue weighted by Gasteiger charge is 2.00. The zero-order chi connectivity index (χ0) is 11.1. The molecule has 0 amide bonds. The first-order chi connectivity index (χ1) is 7.25. The van der Waals surface area contributed by atoms with Gasteiger partial charge in [-0.25, -0.2) is 4.98 Å². The van der Waals surface area contributed by atoms with E-state index in [2.05, 4.69) is 4.98 Å². The van der Waals surface area contributed by atoms with Gasteiger partial charge in [-0.1, -0.05) is 24.4 Å². The van der Waals surface area contributed by atoms with Crippen molar-refractivity contribution < 1.29 is 5.11 Å². The van der Waals surface area contributed by atoms with Gasteiger partial charge in [-0.15, -0.1) is 0 Å². The maximum atomic E-state index is 11.4. The second-order valence-corrected chi connectivity index (χ2v) is 3.71. The lowest BCUT2D eigenvalue weighted by Gasteiger charge is -2.04. The van der Waals surface area contributed by atoms with Crippen LogP contribution in [0, 0.1) is 0 Å². The van der Waals surface area contributed by atoms with Gasteiger partial charge in [0.05, 0.1) is 0 Å². The molecule has 5 heteroatoms. The van der Waals surface area contributed by atoms with E-state index in [4.69, 9.17) is 16.7 Å². The van der Waals surface area contributed by atoms with Crippen molar-refractivity contribution in [2.45, 2.75) is 32.2 Å². The van der Waals surface area contributed by atoms with Crippen molar-refractivity contribution in [2.24, 2.45) is 0 Å². The molecule has 1 aromatic heterocycles. The van der Waals surface area contributed by atoms with Gasteiger partial charge in [0.2, 0.25) is 0 Å². The molecule has 1 aromatic rings. The molecule has 1 rings (SSSR count). The van der Waals surface area contributed by atoms with Crippen molar-refractivity contribution in [1.82, 2.24) is 9.55 Å². The molecule has 1 N–H and O–H groups in total. The third kappa shape index (κ3) is 4.01. The summed E-state index contributed by atoms with van der Waals surface area (Å²) in [4.78, 5) is 15.1. The maximum absolute atomic E-state index is 11.4. The topological polar surface area (TPSA) is 55.1 Å². The van der Waals surface area contributed by atoms with Gasteiger partial charge in [-0.05, 0) is 12.8 Å². The molecule has 0 aliphatic rings. The van der Waals surface area contributed by atoms with Crippen molar-refractivity contribution in [1.29, 1.82) is 0 Å². The van der Waals surface area contributed by atoms with Crippen molar-refractivity contribution in [3.63, 3.8) is 0 Å². The zero-order valence-corrected chi connectivity index (χ0v) is 9.28. The summed E-state index contributed by atoms with van der Waals surface area (Å²) in [6, 6.07) is 0. The summed E-state index contributed by atoms with van der Waals surface area (Å²) in [6.07, 6.45) is 6.90. The number of aryl methyl sites for hydroxylation is 1. The molecule has 0 saturated heterocycles. The van der Waals surface area contributed by atoms with E-state index in [1.165, 1.54) is 6.20 Å². The number of rotatable bonds is 6. The first kappa shape index (κ1) is 12.2. The Morgan fingerprint density at radius 3 is 2.80 bits per heavy atom. The molecule has 0 radical (unpaired) electrons. The lowest BCUT2D eigenvalue weighted by Crippen LogP contribution is -2.20. The third-order valence-corrected chi connectivity index (χ3v) is 2.44. The number of unbranched alkanes of at least 4 members (excludes halogenated alkanes) is 3. The van der Waals surface area contributed by atoms with Gasteiger partial charge >= 0.3 is 0 Å². The van der Waals surface area contributed by atoms with Gasteiger partial charge in [0, 0.05) is 25.5 Å². The average Bonchev–Trinajstić information content (AvgIpc) is 2.24. The highest BCUT2D eigenvalue weighted by atomic mass is 35.5. The first-order valence-electron chi connectivity index (χ1n) is 5.07. The van der Waals surface area contributed by atoms with Crippen LogP contribution >= 0.6 is 11.6 Å². The van der Waals surface area contributed by atoms with Crippen LogP contribution in [0.5, 0.6) is 0 Å². The zero-order valence-electron chi connectivity index (χ0n) is 8.53. The van der Waals surface area contributed by atoms with Crippen LogP contribution in [-0.4, -0.2) is 21.3 Å². The minimum atomic E-state index is -0.235. The van der Waals surface area contributed by atoms with Gasteiger partial charge in [-0.3, -0.25) is 4.79 Å². The van der Waals surface area contributed by atoms with E-state index in [9.17, 15) is 4.79 Å². The number of halogens is 1. The van der Waals surface area contributed by atoms with Crippen LogP contribution in [-0.2, 0) is 6.54 Å². The summed E-state index contributed by atoms with van der Waals surface area (Å²) in [5.74, 6) is 0. The van der Waals surface area contributed by atoms with Crippen molar-refractivity contribution in [3.8, 4) is 0 Å². The number of hydrogen-bond donors (Lipinski definition) is 1. The van der Waals surface area contributed by atoms with Crippen LogP contribution in [0.1, 0.15) is 25.7 Å². The molecule has 1 heterocycles. The van der Waals surface area contributed by atoms with E-state index in [0.717, 1.165) is 25.7 Å². The van der Waals surface area contributed by atoms with E-state index in [1.54, 1.807) is 10.8 Å². The molecule has 84 valence electrons. The fourth-order valence-electron chi connectivity index (χ4n) is 1.34. The summed E-state index contributed by atoms with van der Waals surface area (Å²) in [6.45, 7) is 0.896. The van der Waals surface area contributed by atoms with Gasteiger partial charge in [0.25, 0.3) is 5.56 Å². The fraction of sp³-hybridized carbons (Fsp3) is 0.600. The van der Waals surface area contributed by atoms with Crippen molar-refractivity contribution in [3.05, 3.63) is 27.9 Å². The minimum absolute atomic E-state index is 0.0212. The number of hydrogen-bond acceptors (Lipinski definition) is 3. The molecule has 0 aliphatic carbocycles. The van der Waals surface area contributed by atoms with Gasteiger partial charge in [0.15, 0.2) is 5.15 Å². The molecule has 0 saturated carbocycles. The summed E-state index contributed by atoms with van der Waals surface area (Å²) in [7, 11) is 0. The molecule has 0 atom stereocenters. The Balaban J connectivity index is 2.38. The Bertz CT molecular complexity index is 352. The van der Waals surface area contributed by atoms with E-state index < -0.39 is 0 Å². The van der Waals surface area contributed by atoms with Crippen molar-refractivity contribution >= 4 is 11.6 Å². The SMILES string of the molecule is O=c1c(Cl)nccn1CCCCCCO. The molecule has 15 heavy (non-hydrogen) atoms. The number of aromatic nitrogens is 2. The molecule has 0 fully saturated rings. The van der Waals surface area contributed by atoms with Gasteiger partial charge in [-0.2, -0.15) is 0 Å². The quantitative estimate of drug-likeness (QED) is 0.753. The Morgan fingerprint density at radius 1 is 1.33 bits per heavy atom. The molecule has 0 bridgehead atoms. The fourth-order valence-corrected chi connectivity index (χ4v) is 1.51. The predicted molar refractivity (Wildman–Crippen MR) is 59.1 cm³/mol. The van der Waals surface area contributed by atoms with E-state index in [-0.39, 0.29) is 17.3 Å². The summed E-state index contributed by atoms with van der Waals surface area (Å²) >= 11 is 5.60. The Hall–Kier alpha value is -0.870. The Morgan fingerprint density at radius 2 is 2.07 bits per heavy atom. The smallest absolute Gasteiger partial charge is 0.288 e. The second-order valence-electron chi connectivity index (χ2n) is 3.35. The standard InChI is InChI=1S/C10H15ClN2O2/c11-9-10(15)13(7-5-12-9)6-3-1-2-4-8-14/h5,7,14H,1-4,6,8H2.